The highest BCUT2D eigenvalue weighted by atomic mass is 16.5. The Bertz CT molecular complexity index is 520. The Morgan fingerprint density at radius 2 is 2.13 bits per heavy atom. The molecule has 0 aliphatic carbocycles. The van der Waals surface area contributed by atoms with Crippen molar-refractivity contribution in [2.24, 2.45) is 0 Å². The molecular weight excluding hydrogens is 190 g/mol. The van der Waals surface area contributed by atoms with E-state index < -0.39 is 0 Å². The molecule has 0 N–H and O–H groups in total. The van der Waals surface area contributed by atoms with Gasteiger partial charge in [0.15, 0.2) is 0 Å². The van der Waals surface area contributed by atoms with E-state index in [0.29, 0.717) is 11.4 Å². The maximum absolute atomic E-state index is 10.6. The van der Waals surface area contributed by atoms with Crippen molar-refractivity contribution < 1.29 is 9.53 Å². The number of methoxy groups -OCH3 is 1. The zero-order chi connectivity index (χ0) is 10.8. The third-order valence-corrected chi connectivity index (χ3v) is 2.36. The quantitative estimate of drug-likeness (QED) is 0.700. The highest BCUT2D eigenvalue weighted by Gasteiger charge is 2.03. The van der Waals surface area contributed by atoms with E-state index in [1.165, 1.54) is 0 Å². The van der Waals surface area contributed by atoms with E-state index in [-0.39, 0.29) is 0 Å². The van der Waals surface area contributed by atoms with Gasteiger partial charge in [-0.05, 0) is 18.6 Å². The molecule has 1 aromatic carbocycles. The first-order chi connectivity index (χ1) is 7.24. The van der Waals surface area contributed by atoms with Gasteiger partial charge in [0.1, 0.15) is 6.29 Å². The second kappa shape index (κ2) is 3.69. The molecule has 0 aliphatic heterocycles. The largest absolute Gasteiger partial charge is 0.481 e. The van der Waals surface area contributed by atoms with Gasteiger partial charge < -0.3 is 4.74 Å². The Labute approximate surface area is 87.7 Å². The van der Waals surface area contributed by atoms with Crippen LogP contribution in [0.4, 0.5) is 0 Å². The van der Waals surface area contributed by atoms with Crippen LogP contribution in [0, 0.1) is 6.92 Å². The standard InChI is InChI=1S/C12H11NO2/c1-8-5-12(15-2)13-11-6-9(7-14)3-4-10(8)11/h3-7H,1-2H3. The lowest BCUT2D eigenvalue weighted by Crippen LogP contribution is -1.91. The van der Waals surface area contributed by atoms with Crippen LogP contribution in [0.25, 0.3) is 10.9 Å². The summed E-state index contributed by atoms with van der Waals surface area (Å²) in [5.74, 6) is 0.572. The van der Waals surface area contributed by atoms with Gasteiger partial charge in [-0.15, -0.1) is 0 Å². The van der Waals surface area contributed by atoms with E-state index >= 15 is 0 Å². The van der Waals surface area contributed by atoms with Gasteiger partial charge in [0.05, 0.1) is 12.6 Å². The molecule has 0 saturated heterocycles. The van der Waals surface area contributed by atoms with Gasteiger partial charge in [0.2, 0.25) is 5.88 Å². The molecule has 1 heterocycles. The molecule has 0 unspecified atom stereocenters. The van der Waals surface area contributed by atoms with Gasteiger partial charge in [-0.2, -0.15) is 0 Å². The summed E-state index contributed by atoms with van der Waals surface area (Å²) in [6, 6.07) is 7.33. The molecule has 3 heteroatoms. The van der Waals surface area contributed by atoms with Gasteiger partial charge in [-0.25, -0.2) is 4.98 Å². The fourth-order valence-electron chi connectivity index (χ4n) is 1.57. The van der Waals surface area contributed by atoms with Gasteiger partial charge in [0, 0.05) is 17.0 Å². The molecule has 0 fully saturated rings. The van der Waals surface area contributed by atoms with Crippen LogP contribution >= 0.6 is 0 Å². The van der Waals surface area contributed by atoms with Crippen LogP contribution < -0.4 is 4.74 Å². The lowest BCUT2D eigenvalue weighted by molar-refractivity contribution is 0.112. The highest BCUT2D eigenvalue weighted by molar-refractivity contribution is 5.88. The SMILES string of the molecule is COc1cc(C)c2ccc(C=O)cc2n1. The number of fused-ring (bicyclic) bond motifs is 1. The fourth-order valence-corrected chi connectivity index (χ4v) is 1.57. The third-order valence-electron chi connectivity index (χ3n) is 2.36. The van der Waals surface area contributed by atoms with E-state index in [4.69, 9.17) is 4.74 Å². The number of aldehydes is 1. The van der Waals surface area contributed by atoms with E-state index in [1.807, 2.05) is 19.1 Å². The second-order valence-electron chi connectivity index (χ2n) is 3.38. The summed E-state index contributed by atoms with van der Waals surface area (Å²) in [6.45, 7) is 1.99. The molecule has 0 bridgehead atoms. The Morgan fingerprint density at radius 1 is 1.33 bits per heavy atom. The van der Waals surface area contributed by atoms with Crippen molar-refractivity contribution in [1.29, 1.82) is 0 Å². The van der Waals surface area contributed by atoms with Gasteiger partial charge in [-0.1, -0.05) is 12.1 Å². The molecular formula is C12H11NO2. The predicted octanol–water partition coefficient (Wildman–Crippen LogP) is 2.36. The first-order valence-electron chi connectivity index (χ1n) is 4.65. The van der Waals surface area contributed by atoms with E-state index in [2.05, 4.69) is 4.98 Å². The number of aromatic nitrogens is 1. The maximum Gasteiger partial charge on any atom is 0.213 e. The molecule has 0 saturated carbocycles. The molecule has 0 aliphatic rings. The van der Waals surface area contributed by atoms with Crippen molar-refractivity contribution in [3.8, 4) is 5.88 Å². The summed E-state index contributed by atoms with van der Waals surface area (Å²) in [5, 5.41) is 1.04. The van der Waals surface area contributed by atoms with E-state index in [0.717, 1.165) is 22.8 Å². The van der Waals surface area contributed by atoms with Crippen LogP contribution in [0.1, 0.15) is 15.9 Å². The molecule has 0 atom stereocenters. The minimum atomic E-state index is 0.572. The lowest BCUT2D eigenvalue weighted by atomic mass is 10.1. The van der Waals surface area contributed by atoms with Crippen LogP contribution in [0.3, 0.4) is 0 Å². The van der Waals surface area contributed by atoms with Gasteiger partial charge >= 0.3 is 0 Å². The minimum absolute atomic E-state index is 0.572. The normalized spacial score (nSPS) is 10.3. The Kier molecular flexibility index (Phi) is 2.37. The third kappa shape index (κ3) is 1.68. The van der Waals surface area contributed by atoms with Crippen LogP contribution in [0.15, 0.2) is 24.3 Å². The summed E-state index contributed by atoms with van der Waals surface area (Å²) in [7, 11) is 1.58. The Balaban J connectivity index is 2.74. The molecule has 0 spiro atoms. The number of aryl methyl sites for hydroxylation is 1. The molecule has 15 heavy (non-hydrogen) atoms. The minimum Gasteiger partial charge on any atom is -0.481 e. The van der Waals surface area contributed by atoms with Crippen molar-refractivity contribution >= 4 is 17.2 Å². The maximum atomic E-state index is 10.6. The van der Waals surface area contributed by atoms with Crippen molar-refractivity contribution in [2.45, 2.75) is 6.92 Å². The predicted molar refractivity (Wildman–Crippen MR) is 58.4 cm³/mol. The van der Waals surface area contributed by atoms with E-state index in [1.54, 1.807) is 19.2 Å². The highest BCUT2D eigenvalue weighted by Crippen LogP contribution is 2.21. The topological polar surface area (TPSA) is 39.2 Å². The van der Waals surface area contributed by atoms with Gasteiger partial charge in [-0.3, -0.25) is 4.79 Å². The fraction of sp³-hybridized carbons (Fsp3) is 0.167. The molecule has 0 radical (unpaired) electrons. The number of ether oxygens (including phenoxy) is 1. The van der Waals surface area contributed by atoms with Crippen LogP contribution in [-0.4, -0.2) is 18.4 Å². The number of hydrogen-bond acceptors (Lipinski definition) is 3. The molecule has 1 aromatic heterocycles. The average molecular weight is 201 g/mol. The Hall–Kier alpha value is -1.90. The van der Waals surface area contributed by atoms with Crippen LogP contribution in [0.2, 0.25) is 0 Å². The zero-order valence-electron chi connectivity index (χ0n) is 8.65. The summed E-state index contributed by atoms with van der Waals surface area (Å²) >= 11 is 0. The average Bonchev–Trinajstić information content (AvgIpc) is 2.28. The number of benzene rings is 1. The summed E-state index contributed by atoms with van der Waals surface area (Å²) in [6.07, 6.45) is 0.815. The van der Waals surface area contributed by atoms with E-state index in [9.17, 15) is 4.79 Å². The molecule has 0 amide bonds. The number of carbonyl (C=O) groups is 1. The van der Waals surface area contributed by atoms with Crippen molar-refractivity contribution in [2.75, 3.05) is 7.11 Å². The number of carbonyl (C=O) groups excluding carboxylic acids is 1. The number of pyridine rings is 1. The number of hydrogen-bond donors (Lipinski definition) is 0. The van der Waals surface area contributed by atoms with Crippen molar-refractivity contribution in [3.05, 3.63) is 35.4 Å². The molecule has 76 valence electrons. The molecule has 2 aromatic rings. The monoisotopic (exact) mass is 201 g/mol. The number of nitrogens with zero attached hydrogens (tertiary/aromatic N) is 1. The van der Waals surface area contributed by atoms with Crippen LogP contribution in [0.5, 0.6) is 5.88 Å². The summed E-state index contributed by atoms with van der Waals surface area (Å²) in [4.78, 5) is 14.9. The van der Waals surface area contributed by atoms with Crippen LogP contribution in [-0.2, 0) is 0 Å². The molecule has 3 nitrogen and oxygen atoms in total. The molecule has 2 rings (SSSR count). The lowest BCUT2D eigenvalue weighted by Gasteiger charge is -2.05. The first kappa shape index (κ1) is 9.65. The smallest absolute Gasteiger partial charge is 0.213 e. The van der Waals surface area contributed by atoms with Crippen molar-refractivity contribution in [1.82, 2.24) is 4.98 Å². The first-order valence-corrected chi connectivity index (χ1v) is 4.65. The Morgan fingerprint density at radius 3 is 2.80 bits per heavy atom. The summed E-state index contributed by atoms with van der Waals surface area (Å²) in [5.41, 5.74) is 2.51. The zero-order valence-corrected chi connectivity index (χ0v) is 8.65. The second-order valence-corrected chi connectivity index (χ2v) is 3.38. The van der Waals surface area contributed by atoms with Crippen molar-refractivity contribution in [3.63, 3.8) is 0 Å². The number of rotatable bonds is 2. The summed E-state index contributed by atoms with van der Waals surface area (Å²) < 4.78 is 5.08. The van der Waals surface area contributed by atoms with Gasteiger partial charge in [0.25, 0.3) is 0 Å².